The molecule has 0 unspecified atom stereocenters. The van der Waals surface area contributed by atoms with Gasteiger partial charge in [-0.1, -0.05) is 11.8 Å². The average Bonchev–Trinajstić information content (AvgIpc) is 2.69. The van der Waals surface area contributed by atoms with Gasteiger partial charge in [-0.15, -0.1) is 0 Å². The molecule has 2 aromatic rings. The number of nitrogens with zero attached hydrogens (tertiary/aromatic N) is 1. The summed E-state index contributed by atoms with van der Waals surface area (Å²) in [7, 11) is 0. The van der Waals surface area contributed by atoms with E-state index in [4.69, 9.17) is 10.2 Å². The van der Waals surface area contributed by atoms with E-state index >= 15 is 0 Å². The largest absolute Gasteiger partial charge is 0.468 e. The molecule has 3 nitrogen and oxygen atoms in total. The second-order valence-electron chi connectivity index (χ2n) is 2.92. The molecule has 0 bridgehead atoms. The second kappa shape index (κ2) is 4.72. The average molecular weight is 285 g/mol. The van der Waals surface area contributed by atoms with E-state index in [-0.39, 0.29) is 0 Å². The Bertz CT molecular complexity index is 445. The Hall–Kier alpha value is -0.940. The minimum absolute atomic E-state index is 0.681. The zero-order valence-electron chi connectivity index (χ0n) is 7.81. The van der Waals surface area contributed by atoms with Gasteiger partial charge in [-0.2, -0.15) is 0 Å². The van der Waals surface area contributed by atoms with Crippen LogP contribution in [0, 0.1) is 0 Å². The highest BCUT2D eigenvalue weighted by molar-refractivity contribution is 9.10. The zero-order chi connectivity index (χ0) is 10.7. The maximum absolute atomic E-state index is 5.82. The van der Waals surface area contributed by atoms with Crippen LogP contribution in [0.2, 0.25) is 0 Å². The van der Waals surface area contributed by atoms with Gasteiger partial charge in [0.15, 0.2) is 0 Å². The highest BCUT2D eigenvalue weighted by Gasteiger charge is 2.04. The molecule has 2 heterocycles. The van der Waals surface area contributed by atoms with E-state index in [0.29, 0.717) is 5.69 Å². The van der Waals surface area contributed by atoms with Crippen molar-refractivity contribution in [2.24, 2.45) is 0 Å². The molecule has 0 atom stereocenters. The number of pyridine rings is 1. The standard InChI is InChI=1S/C10H9BrN2OS/c11-7-4-9(12)10(13-5-7)15-6-8-2-1-3-14-8/h1-5H,6,12H2. The monoisotopic (exact) mass is 284 g/mol. The first-order valence-corrected chi connectivity index (χ1v) is 6.10. The summed E-state index contributed by atoms with van der Waals surface area (Å²) in [5, 5.41) is 0.828. The summed E-state index contributed by atoms with van der Waals surface area (Å²) in [6.45, 7) is 0. The summed E-state index contributed by atoms with van der Waals surface area (Å²) in [5.41, 5.74) is 6.50. The predicted octanol–water partition coefficient (Wildman–Crippen LogP) is 3.31. The number of nitrogen functional groups attached to an aromatic ring is 1. The minimum Gasteiger partial charge on any atom is -0.468 e. The van der Waals surface area contributed by atoms with Crippen LogP contribution in [-0.4, -0.2) is 4.98 Å². The molecule has 2 N–H and O–H groups in total. The van der Waals surface area contributed by atoms with Crippen molar-refractivity contribution < 1.29 is 4.42 Å². The van der Waals surface area contributed by atoms with Gasteiger partial charge < -0.3 is 10.2 Å². The molecule has 0 fully saturated rings. The van der Waals surface area contributed by atoms with Gasteiger partial charge in [-0.3, -0.25) is 0 Å². The third-order valence-electron chi connectivity index (χ3n) is 1.78. The van der Waals surface area contributed by atoms with Crippen LogP contribution in [0.1, 0.15) is 5.76 Å². The van der Waals surface area contributed by atoms with Crippen LogP contribution < -0.4 is 5.73 Å². The van der Waals surface area contributed by atoms with Crippen LogP contribution in [0.3, 0.4) is 0 Å². The van der Waals surface area contributed by atoms with Gasteiger partial charge in [0.25, 0.3) is 0 Å². The fourth-order valence-corrected chi connectivity index (χ4v) is 2.24. The van der Waals surface area contributed by atoms with Crippen molar-refractivity contribution in [3.8, 4) is 0 Å². The molecule has 0 amide bonds. The molecule has 0 aromatic carbocycles. The normalized spacial score (nSPS) is 10.5. The van der Waals surface area contributed by atoms with E-state index in [9.17, 15) is 0 Å². The van der Waals surface area contributed by atoms with E-state index in [1.54, 1.807) is 24.2 Å². The Labute approximate surface area is 100 Å². The van der Waals surface area contributed by atoms with Gasteiger partial charge in [0, 0.05) is 10.7 Å². The van der Waals surface area contributed by atoms with Crippen molar-refractivity contribution >= 4 is 33.4 Å². The van der Waals surface area contributed by atoms with Crippen LogP contribution in [0.4, 0.5) is 5.69 Å². The van der Waals surface area contributed by atoms with E-state index in [2.05, 4.69) is 20.9 Å². The van der Waals surface area contributed by atoms with Crippen molar-refractivity contribution in [2.75, 3.05) is 5.73 Å². The van der Waals surface area contributed by atoms with Crippen molar-refractivity contribution in [1.82, 2.24) is 4.98 Å². The first kappa shape index (κ1) is 10.6. The number of hydrogen-bond donors (Lipinski definition) is 1. The first-order valence-electron chi connectivity index (χ1n) is 4.32. The molecule has 15 heavy (non-hydrogen) atoms. The number of furan rings is 1. The van der Waals surface area contributed by atoms with Gasteiger partial charge in [0.05, 0.1) is 17.7 Å². The predicted molar refractivity (Wildman–Crippen MR) is 64.6 cm³/mol. The van der Waals surface area contributed by atoms with Crippen LogP contribution in [0.25, 0.3) is 0 Å². The Balaban J connectivity index is 2.05. The molecule has 78 valence electrons. The SMILES string of the molecule is Nc1cc(Br)cnc1SCc1ccco1. The maximum Gasteiger partial charge on any atom is 0.119 e. The van der Waals surface area contributed by atoms with Crippen molar-refractivity contribution in [3.63, 3.8) is 0 Å². The molecule has 5 heteroatoms. The molecule has 0 aliphatic rings. The fraction of sp³-hybridized carbons (Fsp3) is 0.100. The van der Waals surface area contributed by atoms with E-state index in [1.807, 2.05) is 18.2 Å². The van der Waals surface area contributed by atoms with Gasteiger partial charge in [0.2, 0.25) is 0 Å². The number of thioether (sulfide) groups is 1. The van der Waals surface area contributed by atoms with Gasteiger partial charge in [-0.25, -0.2) is 4.98 Å². The fourth-order valence-electron chi connectivity index (χ4n) is 1.10. The second-order valence-corrected chi connectivity index (χ2v) is 4.80. The van der Waals surface area contributed by atoms with E-state index in [1.165, 1.54) is 0 Å². The van der Waals surface area contributed by atoms with Gasteiger partial charge in [0.1, 0.15) is 10.8 Å². The number of rotatable bonds is 3. The Morgan fingerprint density at radius 3 is 3.07 bits per heavy atom. The van der Waals surface area contributed by atoms with E-state index in [0.717, 1.165) is 21.0 Å². The van der Waals surface area contributed by atoms with Crippen LogP contribution in [-0.2, 0) is 5.75 Å². The lowest BCUT2D eigenvalue weighted by atomic mass is 10.4. The van der Waals surface area contributed by atoms with Crippen LogP contribution >= 0.6 is 27.7 Å². The lowest BCUT2D eigenvalue weighted by molar-refractivity contribution is 0.530. The van der Waals surface area contributed by atoms with Crippen molar-refractivity contribution in [3.05, 3.63) is 40.9 Å². The number of aromatic nitrogens is 1. The van der Waals surface area contributed by atoms with Crippen LogP contribution in [0.5, 0.6) is 0 Å². The maximum atomic E-state index is 5.82. The first-order chi connectivity index (χ1) is 7.25. The van der Waals surface area contributed by atoms with Gasteiger partial charge >= 0.3 is 0 Å². The molecule has 0 radical (unpaired) electrons. The molecule has 0 saturated carbocycles. The summed E-state index contributed by atoms with van der Waals surface area (Å²) in [6, 6.07) is 5.65. The molecule has 2 aromatic heterocycles. The van der Waals surface area contributed by atoms with Gasteiger partial charge in [-0.05, 0) is 34.1 Å². The molecule has 0 spiro atoms. The Morgan fingerprint density at radius 2 is 2.40 bits per heavy atom. The number of anilines is 1. The molecule has 0 aliphatic heterocycles. The minimum atomic E-state index is 0.681. The number of hydrogen-bond acceptors (Lipinski definition) is 4. The topological polar surface area (TPSA) is 52.0 Å². The lowest BCUT2D eigenvalue weighted by Gasteiger charge is -2.02. The molecule has 0 saturated heterocycles. The number of halogens is 1. The van der Waals surface area contributed by atoms with Crippen molar-refractivity contribution in [2.45, 2.75) is 10.8 Å². The Kier molecular flexibility index (Phi) is 3.33. The van der Waals surface area contributed by atoms with Crippen molar-refractivity contribution in [1.29, 1.82) is 0 Å². The van der Waals surface area contributed by atoms with Crippen LogP contribution in [0.15, 0.2) is 44.6 Å². The smallest absolute Gasteiger partial charge is 0.119 e. The number of nitrogens with two attached hydrogens (primary N) is 1. The summed E-state index contributed by atoms with van der Waals surface area (Å²) in [5.74, 6) is 1.66. The summed E-state index contributed by atoms with van der Waals surface area (Å²) in [4.78, 5) is 4.23. The quantitative estimate of drug-likeness (QED) is 0.879. The molecule has 0 aliphatic carbocycles. The zero-order valence-corrected chi connectivity index (χ0v) is 10.2. The molecule has 2 rings (SSSR count). The third kappa shape index (κ3) is 2.76. The molecular formula is C10H9BrN2OS. The highest BCUT2D eigenvalue weighted by atomic mass is 79.9. The third-order valence-corrected chi connectivity index (χ3v) is 3.25. The lowest BCUT2D eigenvalue weighted by Crippen LogP contribution is -1.91. The van der Waals surface area contributed by atoms with E-state index < -0.39 is 0 Å². The summed E-state index contributed by atoms with van der Waals surface area (Å²) >= 11 is 4.88. The molecular weight excluding hydrogens is 276 g/mol. The summed E-state index contributed by atoms with van der Waals surface area (Å²) in [6.07, 6.45) is 3.40. The summed E-state index contributed by atoms with van der Waals surface area (Å²) < 4.78 is 6.11. The Morgan fingerprint density at radius 1 is 1.53 bits per heavy atom. The highest BCUT2D eigenvalue weighted by Crippen LogP contribution is 2.27.